The Morgan fingerprint density at radius 3 is 2.32 bits per heavy atom. The summed E-state index contributed by atoms with van der Waals surface area (Å²) in [7, 11) is 0. The first kappa shape index (κ1) is 14.3. The summed E-state index contributed by atoms with van der Waals surface area (Å²) >= 11 is 2.14. The lowest BCUT2D eigenvalue weighted by Gasteiger charge is -2.12. The van der Waals surface area contributed by atoms with Crippen LogP contribution in [0.1, 0.15) is 22.8 Å². The number of halogens is 1. The minimum absolute atomic E-state index is 0.00614. The predicted octanol–water partition coefficient (Wildman–Crippen LogP) is 4.13. The van der Waals surface area contributed by atoms with Crippen LogP contribution in [0.3, 0.4) is 0 Å². The second-order valence-electron chi connectivity index (χ2n) is 4.28. The summed E-state index contributed by atoms with van der Waals surface area (Å²) in [4.78, 5) is 12.7. The summed E-state index contributed by atoms with van der Waals surface area (Å²) in [5, 5.41) is 0. The van der Waals surface area contributed by atoms with Gasteiger partial charge in [-0.05, 0) is 60.1 Å². The number of hydrogen-bond donors (Lipinski definition) is 0. The molecule has 2 aromatic carbocycles. The van der Waals surface area contributed by atoms with Crippen molar-refractivity contribution >= 4 is 32.9 Å². The number of hydrogen-bond acceptors (Lipinski definition) is 2. The van der Waals surface area contributed by atoms with E-state index in [0.29, 0.717) is 14.9 Å². The van der Waals surface area contributed by atoms with Crippen molar-refractivity contribution < 1.29 is 9.35 Å². The lowest BCUT2D eigenvalue weighted by molar-refractivity contribution is 0.101. The van der Waals surface area contributed by atoms with Crippen LogP contribution < -0.4 is 0 Å². The second kappa shape index (κ2) is 5.90. The van der Waals surface area contributed by atoms with Gasteiger partial charge < -0.3 is 4.55 Å². The van der Waals surface area contributed by atoms with Crippen molar-refractivity contribution in [2.75, 3.05) is 0 Å². The Hall–Kier alpha value is -1.10. The van der Waals surface area contributed by atoms with Gasteiger partial charge in [0.05, 0.1) is 4.47 Å². The molecule has 98 valence electrons. The lowest BCUT2D eigenvalue weighted by atomic mass is 10.2. The third-order valence-corrected chi connectivity index (χ3v) is 5.15. The average molecular weight is 337 g/mol. The van der Waals surface area contributed by atoms with E-state index in [1.165, 1.54) is 6.92 Å². The number of rotatable bonds is 3. The van der Waals surface area contributed by atoms with E-state index < -0.39 is 11.2 Å². The Morgan fingerprint density at radius 2 is 1.79 bits per heavy atom. The van der Waals surface area contributed by atoms with Crippen LogP contribution in [0.5, 0.6) is 0 Å². The van der Waals surface area contributed by atoms with Crippen LogP contribution in [0, 0.1) is 6.92 Å². The molecule has 0 heterocycles. The van der Waals surface area contributed by atoms with Crippen molar-refractivity contribution in [3.8, 4) is 0 Å². The van der Waals surface area contributed by atoms with Gasteiger partial charge in [-0.25, -0.2) is 0 Å². The number of aryl methyl sites for hydroxylation is 1. The maximum Gasteiger partial charge on any atom is 0.172 e. The highest BCUT2D eigenvalue weighted by Crippen LogP contribution is 2.29. The maximum absolute atomic E-state index is 12.5. The van der Waals surface area contributed by atoms with Crippen LogP contribution in [0.25, 0.3) is 0 Å². The van der Waals surface area contributed by atoms with Gasteiger partial charge in [0, 0.05) is 16.7 Å². The van der Waals surface area contributed by atoms with Crippen molar-refractivity contribution in [1.82, 2.24) is 0 Å². The molecule has 0 bridgehead atoms. The lowest BCUT2D eigenvalue weighted by Crippen LogP contribution is -2.04. The fourth-order valence-electron chi connectivity index (χ4n) is 1.66. The molecule has 0 amide bonds. The summed E-state index contributed by atoms with van der Waals surface area (Å²) in [6.45, 7) is 3.50. The van der Waals surface area contributed by atoms with Gasteiger partial charge in [-0.2, -0.15) is 0 Å². The molecule has 1 atom stereocenters. The fraction of sp³-hybridized carbons (Fsp3) is 0.133. The fourth-order valence-corrected chi connectivity index (χ4v) is 3.54. The number of benzene rings is 2. The molecular weight excluding hydrogens is 324 g/mol. The Morgan fingerprint density at radius 1 is 1.16 bits per heavy atom. The molecular formula is C15H13BrO2S. The van der Waals surface area contributed by atoms with Gasteiger partial charge in [-0.1, -0.05) is 17.7 Å². The molecule has 0 aliphatic carbocycles. The van der Waals surface area contributed by atoms with Crippen LogP contribution in [-0.2, 0) is 11.2 Å². The molecule has 2 aromatic rings. The third kappa shape index (κ3) is 3.26. The van der Waals surface area contributed by atoms with E-state index in [1.54, 1.807) is 18.2 Å². The molecule has 0 fully saturated rings. The molecule has 0 aliphatic rings. The highest BCUT2D eigenvalue weighted by atomic mass is 79.9. The zero-order valence-electron chi connectivity index (χ0n) is 10.6. The van der Waals surface area contributed by atoms with Gasteiger partial charge in [0.25, 0.3) is 0 Å². The average Bonchev–Trinajstić information content (AvgIpc) is 2.38. The Bertz CT molecular complexity index is 608. The van der Waals surface area contributed by atoms with E-state index in [-0.39, 0.29) is 5.78 Å². The molecule has 0 aliphatic heterocycles. The molecule has 0 radical (unpaired) electrons. The Balaban J connectivity index is 2.36. The van der Waals surface area contributed by atoms with Crippen molar-refractivity contribution in [2.24, 2.45) is 0 Å². The normalized spacial score (nSPS) is 12.2. The third-order valence-electron chi connectivity index (χ3n) is 2.77. The highest BCUT2D eigenvalue weighted by Gasteiger charge is 2.18. The minimum atomic E-state index is -1.25. The predicted molar refractivity (Wildman–Crippen MR) is 80.0 cm³/mol. The molecule has 2 nitrogen and oxygen atoms in total. The highest BCUT2D eigenvalue weighted by molar-refractivity contribution is 9.10. The SMILES string of the molecule is CC(=O)c1ccc([S+]([O-])c2ccc(C)cc2)c(Br)c1. The van der Waals surface area contributed by atoms with Crippen molar-refractivity contribution in [3.63, 3.8) is 0 Å². The molecule has 0 spiro atoms. The summed E-state index contributed by atoms with van der Waals surface area (Å²) in [6.07, 6.45) is 0. The standard InChI is InChI=1S/C15H13BrO2S/c1-10-3-6-13(7-4-10)19(18)15-8-5-12(11(2)17)9-14(15)16/h3-9H,1-2H3. The van der Waals surface area contributed by atoms with Crippen LogP contribution in [-0.4, -0.2) is 10.3 Å². The van der Waals surface area contributed by atoms with Gasteiger partial charge in [0.15, 0.2) is 15.6 Å². The van der Waals surface area contributed by atoms with Crippen molar-refractivity contribution in [1.29, 1.82) is 0 Å². The number of Topliss-reactive ketones (excluding diaryl/α,β-unsaturated/α-hetero) is 1. The van der Waals surface area contributed by atoms with Gasteiger partial charge in [-0.3, -0.25) is 4.79 Å². The largest absolute Gasteiger partial charge is 0.606 e. The van der Waals surface area contributed by atoms with Gasteiger partial charge in [-0.15, -0.1) is 0 Å². The molecule has 4 heteroatoms. The number of carbonyl (C=O) groups excluding carboxylic acids is 1. The topological polar surface area (TPSA) is 40.1 Å². The van der Waals surface area contributed by atoms with Gasteiger partial charge in [0.1, 0.15) is 0 Å². The van der Waals surface area contributed by atoms with E-state index in [1.807, 2.05) is 31.2 Å². The molecule has 19 heavy (non-hydrogen) atoms. The smallest absolute Gasteiger partial charge is 0.172 e. The van der Waals surface area contributed by atoms with E-state index in [4.69, 9.17) is 0 Å². The molecule has 0 saturated carbocycles. The van der Waals surface area contributed by atoms with Crippen LogP contribution in [0.2, 0.25) is 0 Å². The summed E-state index contributed by atoms with van der Waals surface area (Å²) < 4.78 is 13.1. The molecule has 2 rings (SSSR count). The van der Waals surface area contributed by atoms with Crippen LogP contribution in [0.15, 0.2) is 56.7 Å². The van der Waals surface area contributed by atoms with E-state index in [9.17, 15) is 9.35 Å². The van der Waals surface area contributed by atoms with Crippen molar-refractivity contribution in [3.05, 3.63) is 58.1 Å². The van der Waals surface area contributed by atoms with E-state index in [0.717, 1.165) is 10.5 Å². The van der Waals surface area contributed by atoms with Gasteiger partial charge in [0.2, 0.25) is 0 Å². The molecule has 0 saturated heterocycles. The molecule has 1 unspecified atom stereocenters. The Kier molecular flexibility index (Phi) is 4.45. The first-order valence-corrected chi connectivity index (χ1v) is 7.72. The summed E-state index contributed by atoms with van der Waals surface area (Å²) in [5.74, 6) is -0.00614. The first-order valence-electron chi connectivity index (χ1n) is 5.78. The summed E-state index contributed by atoms with van der Waals surface area (Å²) in [5.41, 5.74) is 1.74. The molecule has 0 N–H and O–H groups in total. The van der Waals surface area contributed by atoms with Crippen LogP contribution >= 0.6 is 15.9 Å². The van der Waals surface area contributed by atoms with Gasteiger partial charge >= 0.3 is 0 Å². The second-order valence-corrected chi connectivity index (χ2v) is 6.59. The molecule has 0 aromatic heterocycles. The quantitative estimate of drug-likeness (QED) is 0.624. The maximum atomic E-state index is 12.5. The van der Waals surface area contributed by atoms with E-state index in [2.05, 4.69) is 15.9 Å². The summed E-state index contributed by atoms with van der Waals surface area (Å²) in [6, 6.07) is 12.7. The Labute approximate surface area is 124 Å². The monoisotopic (exact) mass is 336 g/mol. The number of ketones is 1. The zero-order chi connectivity index (χ0) is 14.0. The van der Waals surface area contributed by atoms with E-state index >= 15 is 0 Å². The first-order chi connectivity index (χ1) is 8.99. The zero-order valence-corrected chi connectivity index (χ0v) is 13.0. The van der Waals surface area contributed by atoms with Crippen LogP contribution in [0.4, 0.5) is 0 Å². The van der Waals surface area contributed by atoms with Crippen molar-refractivity contribution in [2.45, 2.75) is 23.6 Å². The number of carbonyl (C=O) groups is 1. The minimum Gasteiger partial charge on any atom is -0.606 e.